The summed E-state index contributed by atoms with van der Waals surface area (Å²) in [5.74, 6) is -1.41. The van der Waals surface area contributed by atoms with Crippen LogP contribution in [0.4, 0.5) is 8.78 Å². The molecule has 1 aliphatic rings. The molecule has 1 aromatic carbocycles. The number of nitrogens with one attached hydrogen (secondary N) is 1. The minimum Gasteiger partial charge on any atom is -0.353 e. The summed E-state index contributed by atoms with van der Waals surface area (Å²) in [6.07, 6.45) is 0.296. The number of benzene rings is 1. The molecule has 0 saturated carbocycles. The Balaban J connectivity index is 2.33. The lowest BCUT2D eigenvalue weighted by molar-refractivity contribution is -0.119. The Kier molecular flexibility index (Phi) is 2.42. The van der Waals surface area contributed by atoms with Crippen molar-refractivity contribution in [3.05, 3.63) is 35.4 Å². The molecule has 2 rings (SSSR count). The fourth-order valence-electron chi connectivity index (χ4n) is 1.99. The highest BCUT2D eigenvalue weighted by atomic mass is 19.1. The second-order valence-corrected chi connectivity index (χ2v) is 3.87. The molecule has 1 N–H and O–H groups in total. The zero-order valence-corrected chi connectivity index (χ0v) is 8.26. The van der Waals surface area contributed by atoms with Gasteiger partial charge in [0.05, 0.1) is 0 Å². The van der Waals surface area contributed by atoms with Gasteiger partial charge in [0.2, 0.25) is 5.91 Å². The summed E-state index contributed by atoms with van der Waals surface area (Å²) in [4.78, 5) is 11.1. The molecule has 1 heterocycles. The summed E-state index contributed by atoms with van der Waals surface area (Å²) in [6.45, 7) is 1.83. The first-order valence-electron chi connectivity index (χ1n) is 4.81. The van der Waals surface area contributed by atoms with E-state index in [9.17, 15) is 13.6 Å². The summed E-state index contributed by atoms with van der Waals surface area (Å²) in [5, 5.41) is 2.72. The van der Waals surface area contributed by atoms with Crippen LogP contribution in [0.15, 0.2) is 18.2 Å². The third kappa shape index (κ3) is 1.98. The summed E-state index contributed by atoms with van der Waals surface area (Å²) < 4.78 is 25.9. The van der Waals surface area contributed by atoms with Gasteiger partial charge >= 0.3 is 0 Å². The number of rotatable bonds is 1. The molecule has 1 amide bonds. The average Bonchev–Trinajstić information content (AvgIpc) is 2.43. The Labute approximate surface area is 86.3 Å². The highest BCUT2D eigenvalue weighted by molar-refractivity contribution is 5.80. The van der Waals surface area contributed by atoms with Crippen LogP contribution in [-0.2, 0) is 4.79 Å². The minimum absolute atomic E-state index is 0.0706. The Bertz CT molecular complexity index is 385. The number of hydrogen-bond acceptors (Lipinski definition) is 1. The predicted molar refractivity (Wildman–Crippen MR) is 51.3 cm³/mol. The van der Waals surface area contributed by atoms with Crippen molar-refractivity contribution in [2.45, 2.75) is 25.3 Å². The highest BCUT2D eigenvalue weighted by Crippen LogP contribution is 2.29. The zero-order valence-electron chi connectivity index (χ0n) is 8.26. The molecule has 0 radical (unpaired) electrons. The molecule has 0 aromatic heterocycles. The van der Waals surface area contributed by atoms with Gasteiger partial charge < -0.3 is 5.32 Å². The van der Waals surface area contributed by atoms with Crippen LogP contribution in [0.5, 0.6) is 0 Å². The lowest BCUT2D eigenvalue weighted by Gasteiger charge is -2.14. The lowest BCUT2D eigenvalue weighted by atomic mass is 9.93. The topological polar surface area (TPSA) is 29.1 Å². The van der Waals surface area contributed by atoms with E-state index >= 15 is 0 Å². The van der Waals surface area contributed by atoms with E-state index in [2.05, 4.69) is 5.32 Å². The number of amides is 1. The second-order valence-electron chi connectivity index (χ2n) is 3.87. The summed E-state index contributed by atoms with van der Waals surface area (Å²) >= 11 is 0. The van der Waals surface area contributed by atoms with Crippen molar-refractivity contribution in [1.29, 1.82) is 0 Å². The molecular formula is C11H11F2NO. The molecule has 0 aliphatic carbocycles. The van der Waals surface area contributed by atoms with Crippen molar-refractivity contribution >= 4 is 5.91 Å². The number of carbonyl (C=O) groups is 1. The zero-order chi connectivity index (χ0) is 11.0. The van der Waals surface area contributed by atoms with Gasteiger partial charge in [-0.3, -0.25) is 4.79 Å². The molecule has 2 atom stereocenters. The Morgan fingerprint density at radius 3 is 2.33 bits per heavy atom. The molecule has 1 aromatic rings. The van der Waals surface area contributed by atoms with E-state index in [0.29, 0.717) is 12.0 Å². The second kappa shape index (κ2) is 3.61. The first kappa shape index (κ1) is 10.1. The van der Waals surface area contributed by atoms with Crippen LogP contribution in [0, 0.1) is 11.6 Å². The molecule has 15 heavy (non-hydrogen) atoms. The van der Waals surface area contributed by atoms with Crippen molar-refractivity contribution in [1.82, 2.24) is 5.32 Å². The van der Waals surface area contributed by atoms with Gasteiger partial charge in [-0.05, 0) is 24.6 Å². The first-order valence-corrected chi connectivity index (χ1v) is 4.81. The Morgan fingerprint density at radius 2 is 1.87 bits per heavy atom. The SMILES string of the molecule is CC1NC(=O)CC1c1cc(F)cc(F)c1. The minimum atomic E-state index is -0.600. The molecule has 2 unspecified atom stereocenters. The Morgan fingerprint density at radius 1 is 1.27 bits per heavy atom. The molecule has 2 nitrogen and oxygen atoms in total. The fraction of sp³-hybridized carbons (Fsp3) is 0.364. The standard InChI is InChI=1S/C11H11F2NO/c1-6-10(5-11(15)14-6)7-2-8(12)4-9(13)3-7/h2-4,6,10H,5H2,1H3,(H,14,15). The molecule has 80 valence electrons. The summed E-state index contributed by atoms with van der Waals surface area (Å²) in [7, 11) is 0. The maximum atomic E-state index is 13.0. The molecule has 0 bridgehead atoms. The van der Waals surface area contributed by atoms with Gasteiger partial charge in [-0.2, -0.15) is 0 Å². The van der Waals surface area contributed by atoms with Crippen molar-refractivity contribution in [2.75, 3.05) is 0 Å². The van der Waals surface area contributed by atoms with E-state index in [4.69, 9.17) is 0 Å². The summed E-state index contributed by atoms with van der Waals surface area (Å²) in [5.41, 5.74) is 0.540. The number of halogens is 2. The van der Waals surface area contributed by atoms with Crippen molar-refractivity contribution in [3.63, 3.8) is 0 Å². The molecule has 0 spiro atoms. The first-order chi connectivity index (χ1) is 7.06. The monoisotopic (exact) mass is 211 g/mol. The lowest BCUT2D eigenvalue weighted by Crippen LogP contribution is -2.24. The van der Waals surface area contributed by atoms with Crippen molar-refractivity contribution in [2.24, 2.45) is 0 Å². The van der Waals surface area contributed by atoms with Crippen LogP contribution in [0.3, 0.4) is 0 Å². The highest BCUT2D eigenvalue weighted by Gasteiger charge is 2.30. The van der Waals surface area contributed by atoms with Gasteiger partial charge in [0.15, 0.2) is 0 Å². The smallest absolute Gasteiger partial charge is 0.220 e. The molecule has 1 fully saturated rings. The van der Waals surface area contributed by atoms with Gasteiger partial charge in [0, 0.05) is 24.4 Å². The quantitative estimate of drug-likeness (QED) is 0.755. The van der Waals surface area contributed by atoms with Crippen molar-refractivity contribution < 1.29 is 13.6 Å². The fourth-order valence-corrected chi connectivity index (χ4v) is 1.99. The van der Waals surface area contributed by atoms with E-state index in [1.807, 2.05) is 6.92 Å². The molecule has 1 aliphatic heterocycles. The van der Waals surface area contributed by atoms with Crippen molar-refractivity contribution in [3.8, 4) is 0 Å². The van der Waals surface area contributed by atoms with E-state index in [0.717, 1.165) is 6.07 Å². The summed E-state index contributed by atoms with van der Waals surface area (Å²) in [6, 6.07) is 3.33. The van der Waals surface area contributed by atoms with Gasteiger partial charge in [-0.25, -0.2) is 8.78 Å². The van der Waals surface area contributed by atoms with Crippen LogP contribution < -0.4 is 5.32 Å². The van der Waals surface area contributed by atoms with Crippen LogP contribution in [-0.4, -0.2) is 11.9 Å². The maximum absolute atomic E-state index is 13.0. The van der Waals surface area contributed by atoms with Crippen LogP contribution in [0.1, 0.15) is 24.8 Å². The van der Waals surface area contributed by atoms with Gasteiger partial charge in [-0.1, -0.05) is 0 Å². The van der Waals surface area contributed by atoms with Gasteiger partial charge in [0.25, 0.3) is 0 Å². The normalized spacial score (nSPS) is 25.4. The van der Waals surface area contributed by atoms with E-state index in [1.165, 1.54) is 12.1 Å². The largest absolute Gasteiger partial charge is 0.353 e. The molecule has 4 heteroatoms. The van der Waals surface area contributed by atoms with Crippen LogP contribution in [0.25, 0.3) is 0 Å². The Hall–Kier alpha value is -1.45. The third-order valence-electron chi connectivity index (χ3n) is 2.71. The van der Waals surface area contributed by atoms with Crippen LogP contribution >= 0.6 is 0 Å². The predicted octanol–water partition coefficient (Wildman–Crippen LogP) is 1.96. The third-order valence-corrected chi connectivity index (χ3v) is 2.71. The van der Waals surface area contributed by atoms with Crippen LogP contribution in [0.2, 0.25) is 0 Å². The van der Waals surface area contributed by atoms with Gasteiger partial charge in [-0.15, -0.1) is 0 Å². The maximum Gasteiger partial charge on any atom is 0.220 e. The number of hydrogen-bond donors (Lipinski definition) is 1. The van der Waals surface area contributed by atoms with E-state index in [1.54, 1.807) is 0 Å². The van der Waals surface area contributed by atoms with Gasteiger partial charge in [0.1, 0.15) is 11.6 Å². The molecular weight excluding hydrogens is 200 g/mol. The average molecular weight is 211 g/mol. The number of carbonyl (C=O) groups excluding carboxylic acids is 1. The molecule has 1 saturated heterocycles. The van der Waals surface area contributed by atoms with E-state index in [-0.39, 0.29) is 17.9 Å². The van der Waals surface area contributed by atoms with E-state index < -0.39 is 11.6 Å².